The molecule has 0 aliphatic rings. The number of nitrogens with zero attached hydrogens (tertiary/aromatic N) is 1. The number of aliphatic hydroxyl groups excluding tert-OH is 1. The van der Waals surface area contributed by atoms with Gasteiger partial charge in [-0.3, -0.25) is 0 Å². The first-order chi connectivity index (χ1) is 7.27. The van der Waals surface area contributed by atoms with E-state index in [1.807, 2.05) is 6.07 Å². The number of hydrogen-bond donors (Lipinski definition) is 1. The highest BCUT2D eigenvalue weighted by atomic mass is 16.5. The van der Waals surface area contributed by atoms with Crippen molar-refractivity contribution in [1.82, 2.24) is 4.98 Å². The van der Waals surface area contributed by atoms with E-state index in [0.717, 1.165) is 5.56 Å². The summed E-state index contributed by atoms with van der Waals surface area (Å²) in [5.74, 6) is 6.27. The molecule has 3 heteroatoms. The van der Waals surface area contributed by atoms with Gasteiger partial charge >= 0.3 is 0 Å². The van der Waals surface area contributed by atoms with Gasteiger partial charge in [-0.05, 0) is 25.0 Å². The van der Waals surface area contributed by atoms with Crippen molar-refractivity contribution >= 4 is 0 Å². The molecule has 1 N–H and O–H groups in total. The minimum absolute atomic E-state index is 0.496. The summed E-state index contributed by atoms with van der Waals surface area (Å²) in [7, 11) is 1.56. The van der Waals surface area contributed by atoms with Crippen molar-refractivity contribution in [1.29, 1.82) is 0 Å². The third-order valence-corrected chi connectivity index (χ3v) is 2.07. The SMILES string of the molecule is CC#CCCC(O)c1ccc(OC)nc1. The molecule has 0 radical (unpaired) electrons. The number of methoxy groups -OCH3 is 1. The summed E-state index contributed by atoms with van der Waals surface area (Å²) in [4.78, 5) is 4.03. The molecular formula is C12H15NO2. The third-order valence-electron chi connectivity index (χ3n) is 2.07. The van der Waals surface area contributed by atoms with Gasteiger partial charge in [0.25, 0.3) is 0 Å². The zero-order valence-corrected chi connectivity index (χ0v) is 9.03. The lowest BCUT2D eigenvalue weighted by atomic mass is 10.1. The molecule has 1 rings (SSSR count). The maximum atomic E-state index is 9.76. The van der Waals surface area contributed by atoms with Crippen LogP contribution in [-0.2, 0) is 0 Å². The molecule has 0 saturated heterocycles. The third kappa shape index (κ3) is 3.61. The van der Waals surface area contributed by atoms with E-state index in [-0.39, 0.29) is 0 Å². The highest BCUT2D eigenvalue weighted by Gasteiger charge is 2.06. The zero-order valence-electron chi connectivity index (χ0n) is 9.03. The molecular weight excluding hydrogens is 190 g/mol. The minimum atomic E-state index is -0.496. The molecule has 1 unspecified atom stereocenters. The molecule has 0 bridgehead atoms. The first-order valence-electron chi connectivity index (χ1n) is 4.85. The second kappa shape index (κ2) is 6.05. The number of aromatic nitrogens is 1. The summed E-state index contributed by atoms with van der Waals surface area (Å²) >= 11 is 0. The first-order valence-corrected chi connectivity index (χ1v) is 4.85. The van der Waals surface area contributed by atoms with Gasteiger partial charge in [0.1, 0.15) is 0 Å². The van der Waals surface area contributed by atoms with Gasteiger partial charge in [-0.2, -0.15) is 0 Å². The Morgan fingerprint density at radius 1 is 1.53 bits per heavy atom. The number of rotatable bonds is 4. The number of pyridine rings is 1. The van der Waals surface area contributed by atoms with Gasteiger partial charge in [-0.1, -0.05) is 0 Å². The van der Waals surface area contributed by atoms with Gasteiger partial charge in [-0.25, -0.2) is 4.98 Å². The van der Waals surface area contributed by atoms with Crippen LogP contribution in [0.15, 0.2) is 18.3 Å². The zero-order chi connectivity index (χ0) is 11.1. The minimum Gasteiger partial charge on any atom is -0.481 e. The smallest absolute Gasteiger partial charge is 0.212 e. The summed E-state index contributed by atoms with van der Waals surface area (Å²) in [5, 5.41) is 9.76. The highest BCUT2D eigenvalue weighted by molar-refractivity contribution is 5.19. The fourth-order valence-electron chi connectivity index (χ4n) is 1.21. The number of hydrogen-bond acceptors (Lipinski definition) is 3. The molecule has 0 fully saturated rings. The van der Waals surface area contributed by atoms with Crippen LogP contribution in [-0.4, -0.2) is 17.2 Å². The Morgan fingerprint density at radius 2 is 2.33 bits per heavy atom. The van der Waals surface area contributed by atoms with Gasteiger partial charge < -0.3 is 9.84 Å². The maximum Gasteiger partial charge on any atom is 0.212 e. The van der Waals surface area contributed by atoms with Crippen LogP contribution in [0.3, 0.4) is 0 Å². The van der Waals surface area contributed by atoms with Crippen LogP contribution < -0.4 is 4.74 Å². The summed E-state index contributed by atoms with van der Waals surface area (Å²) in [6, 6.07) is 3.56. The molecule has 0 amide bonds. The summed E-state index contributed by atoms with van der Waals surface area (Å²) < 4.78 is 4.93. The first kappa shape index (κ1) is 11.5. The van der Waals surface area contributed by atoms with Gasteiger partial charge in [0.05, 0.1) is 13.2 Å². The van der Waals surface area contributed by atoms with E-state index >= 15 is 0 Å². The van der Waals surface area contributed by atoms with Crippen LogP contribution in [0.5, 0.6) is 5.88 Å². The van der Waals surface area contributed by atoms with Gasteiger partial charge in [0.2, 0.25) is 5.88 Å². The molecule has 3 nitrogen and oxygen atoms in total. The lowest BCUT2D eigenvalue weighted by Crippen LogP contribution is -1.98. The van der Waals surface area contributed by atoms with Crippen LogP contribution in [0.2, 0.25) is 0 Å². The normalized spacial score (nSPS) is 11.4. The van der Waals surface area contributed by atoms with Crippen molar-refractivity contribution < 1.29 is 9.84 Å². The lowest BCUT2D eigenvalue weighted by Gasteiger charge is -2.08. The lowest BCUT2D eigenvalue weighted by molar-refractivity contribution is 0.169. The Balaban J connectivity index is 2.56. The van der Waals surface area contributed by atoms with Gasteiger partial charge in [0, 0.05) is 18.7 Å². The second-order valence-corrected chi connectivity index (χ2v) is 3.12. The summed E-state index contributed by atoms with van der Waals surface area (Å²) in [6.07, 6.45) is 2.46. The largest absolute Gasteiger partial charge is 0.481 e. The quantitative estimate of drug-likeness (QED) is 0.764. The summed E-state index contributed by atoms with van der Waals surface area (Å²) in [5.41, 5.74) is 0.800. The Morgan fingerprint density at radius 3 is 2.87 bits per heavy atom. The van der Waals surface area contributed by atoms with E-state index < -0.39 is 6.10 Å². The molecule has 1 aromatic rings. The topological polar surface area (TPSA) is 42.4 Å². The van der Waals surface area contributed by atoms with E-state index in [0.29, 0.717) is 18.7 Å². The number of ether oxygens (including phenoxy) is 1. The van der Waals surface area contributed by atoms with Gasteiger partial charge in [-0.15, -0.1) is 11.8 Å². The van der Waals surface area contributed by atoms with E-state index in [4.69, 9.17) is 4.74 Å². The van der Waals surface area contributed by atoms with E-state index in [9.17, 15) is 5.11 Å². The second-order valence-electron chi connectivity index (χ2n) is 3.12. The average molecular weight is 205 g/mol. The molecule has 1 heterocycles. The molecule has 0 aliphatic heterocycles. The van der Waals surface area contributed by atoms with Crippen molar-refractivity contribution in [2.45, 2.75) is 25.9 Å². The predicted octanol–water partition coefficient (Wildman–Crippen LogP) is 1.93. The predicted molar refractivity (Wildman–Crippen MR) is 58.4 cm³/mol. The fourth-order valence-corrected chi connectivity index (χ4v) is 1.21. The Hall–Kier alpha value is -1.53. The van der Waals surface area contributed by atoms with Crippen molar-refractivity contribution in [3.63, 3.8) is 0 Å². The Bertz CT molecular complexity index is 348. The maximum absolute atomic E-state index is 9.76. The van der Waals surface area contributed by atoms with Crippen molar-refractivity contribution in [3.8, 4) is 17.7 Å². The fraction of sp³-hybridized carbons (Fsp3) is 0.417. The van der Waals surface area contributed by atoms with Crippen molar-refractivity contribution in [2.75, 3.05) is 7.11 Å². The molecule has 0 aromatic carbocycles. The highest BCUT2D eigenvalue weighted by Crippen LogP contribution is 2.18. The van der Waals surface area contributed by atoms with E-state index in [1.165, 1.54) is 0 Å². The van der Waals surface area contributed by atoms with Crippen LogP contribution in [0.4, 0.5) is 0 Å². The Labute approximate surface area is 90.1 Å². The molecule has 15 heavy (non-hydrogen) atoms. The van der Waals surface area contributed by atoms with Gasteiger partial charge in [0.15, 0.2) is 0 Å². The van der Waals surface area contributed by atoms with E-state index in [2.05, 4.69) is 16.8 Å². The molecule has 0 aliphatic carbocycles. The van der Waals surface area contributed by atoms with Crippen LogP contribution in [0, 0.1) is 11.8 Å². The monoisotopic (exact) mass is 205 g/mol. The molecule has 0 spiro atoms. The van der Waals surface area contributed by atoms with Crippen LogP contribution in [0.1, 0.15) is 31.4 Å². The average Bonchev–Trinajstić information content (AvgIpc) is 2.29. The standard InChI is InChI=1S/C12H15NO2/c1-3-4-5-6-11(14)10-7-8-12(15-2)13-9-10/h7-9,11,14H,5-6H2,1-2H3. The molecule has 1 atom stereocenters. The molecule has 0 saturated carbocycles. The molecule has 1 aromatic heterocycles. The van der Waals surface area contributed by atoms with Crippen LogP contribution >= 0.6 is 0 Å². The Kier molecular flexibility index (Phi) is 4.65. The summed E-state index contributed by atoms with van der Waals surface area (Å²) in [6.45, 7) is 1.79. The van der Waals surface area contributed by atoms with Crippen LogP contribution in [0.25, 0.3) is 0 Å². The molecule has 80 valence electrons. The number of aliphatic hydroxyl groups is 1. The van der Waals surface area contributed by atoms with Crippen molar-refractivity contribution in [2.24, 2.45) is 0 Å². The van der Waals surface area contributed by atoms with E-state index in [1.54, 1.807) is 26.3 Å². The van der Waals surface area contributed by atoms with Crippen molar-refractivity contribution in [3.05, 3.63) is 23.9 Å².